The zero-order valence-electron chi connectivity index (χ0n) is 8.79. The number of nitrogens with one attached hydrogen (secondary N) is 3. The Balaban J connectivity index is 3.44. The Labute approximate surface area is 87.0 Å². The van der Waals surface area contributed by atoms with Crippen molar-refractivity contribution in [1.82, 2.24) is 4.98 Å². The highest BCUT2D eigenvalue weighted by Crippen LogP contribution is 2.36. The van der Waals surface area contributed by atoms with E-state index in [1.54, 1.807) is 21.1 Å². The standard InChI is InChI=1S/C8H13N5O2/c1-9-5-4-12-8(11-3)6(10-2)7(5)13(14)15/h4,9-10H,1-3H3,(H,11,12). The summed E-state index contributed by atoms with van der Waals surface area (Å²) in [6.45, 7) is 0. The molecule has 1 rings (SSSR count). The van der Waals surface area contributed by atoms with Crippen molar-refractivity contribution in [2.45, 2.75) is 0 Å². The zero-order chi connectivity index (χ0) is 11.4. The molecule has 1 aromatic rings. The van der Waals surface area contributed by atoms with Gasteiger partial charge in [-0.2, -0.15) is 0 Å². The first-order valence-electron chi connectivity index (χ1n) is 4.36. The van der Waals surface area contributed by atoms with Crippen LogP contribution in [0.25, 0.3) is 0 Å². The Kier molecular flexibility index (Phi) is 3.27. The van der Waals surface area contributed by atoms with Crippen LogP contribution in [0.3, 0.4) is 0 Å². The van der Waals surface area contributed by atoms with Gasteiger partial charge in [-0.15, -0.1) is 0 Å². The molecule has 0 fully saturated rings. The van der Waals surface area contributed by atoms with Crippen molar-refractivity contribution in [3.05, 3.63) is 16.3 Å². The summed E-state index contributed by atoms with van der Waals surface area (Å²) in [6.07, 6.45) is 1.42. The second-order valence-electron chi connectivity index (χ2n) is 2.75. The summed E-state index contributed by atoms with van der Waals surface area (Å²) in [5, 5.41) is 19.2. The monoisotopic (exact) mass is 211 g/mol. The van der Waals surface area contributed by atoms with Crippen molar-refractivity contribution < 1.29 is 4.92 Å². The van der Waals surface area contributed by atoms with Gasteiger partial charge in [0, 0.05) is 21.1 Å². The highest BCUT2D eigenvalue weighted by atomic mass is 16.6. The van der Waals surface area contributed by atoms with Crippen LogP contribution in [-0.4, -0.2) is 31.1 Å². The normalized spacial score (nSPS) is 9.53. The van der Waals surface area contributed by atoms with Crippen LogP contribution in [0.1, 0.15) is 0 Å². The fourth-order valence-electron chi connectivity index (χ4n) is 1.30. The molecule has 0 radical (unpaired) electrons. The Morgan fingerprint density at radius 2 is 1.93 bits per heavy atom. The number of nitrogens with zero attached hydrogens (tertiary/aromatic N) is 2. The predicted octanol–water partition coefficient (Wildman–Crippen LogP) is 1.11. The van der Waals surface area contributed by atoms with Crippen LogP contribution in [-0.2, 0) is 0 Å². The molecular weight excluding hydrogens is 198 g/mol. The summed E-state index contributed by atoms with van der Waals surface area (Å²) in [5.74, 6) is 0.447. The number of anilines is 3. The topological polar surface area (TPSA) is 92.1 Å². The smallest absolute Gasteiger partial charge is 0.320 e. The van der Waals surface area contributed by atoms with E-state index in [2.05, 4.69) is 20.9 Å². The minimum absolute atomic E-state index is 0.0145. The van der Waals surface area contributed by atoms with E-state index in [1.165, 1.54) is 6.20 Å². The third kappa shape index (κ3) is 1.90. The number of aromatic nitrogens is 1. The fourth-order valence-corrected chi connectivity index (χ4v) is 1.30. The molecule has 0 aliphatic heterocycles. The van der Waals surface area contributed by atoms with Gasteiger partial charge in [0.1, 0.15) is 5.69 Å². The molecule has 0 saturated heterocycles. The molecule has 7 heteroatoms. The maximum absolute atomic E-state index is 10.9. The lowest BCUT2D eigenvalue weighted by molar-refractivity contribution is -0.383. The molecule has 0 aromatic carbocycles. The van der Waals surface area contributed by atoms with Gasteiger partial charge in [-0.1, -0.05) is 0 Å². The minimum Gasteiger partial charge on any atom is -0.381 e. The summed E-state index contributed by atoms with van der Waals surface area (Å²) in [6, 6.07) is 0. The van der Waals surface area contributed by atoms with Gasteiger partial charge in [-0.05, 0) is 0 Å². The van der Waals surface area contributed by atoms with Crippen molar-refractivity contribution in [3.8, 4) is 0 Å². The molecule has 7 nitrogen and oxygen atoms in total. The maximum atomic E-state index is 10.9. The van der Waals surface area contributed by atoms with E-state index in [-0.39, 0.29) is 5.69 Å². The van der Waals surface area contributed by atoms with E-state index in [9.17, 15) is 10.1 Å². The van der Waals surface area contributed by atoms with E-state index >= 15 is 0 Å². The largest absolute Gasteiger partial charge is 0.381 e. The zero-order valence-corrected chi connectivity index (χ0v) is 8.79. The molecule has 0 unspecified atom stereocenters. The average Bonchev–Trinajstić information content (AvgIpc) is 2.26. The van der Waals surface area contributed by atoms with Gasteiger partial charge in [-0.25, -0.2) is 4.98 Å². The van der Waals surface area contributed by atoms with Crippen LogP contribution in [0, 0.1) is 10.1 Å². The molecule has 15 heavy (non-hydrogen) atoms. The minimum atomic E-state index is -0.444. The van der Waals surface area contributed by atoms with E-state index in [0.717, 1.165) is 0 Å². The average molecular weight is 211 g/mol. The maximum Gasteiger partial charge on any atom is 0.320 e. The molecular formula is C8H13N5O2. The summed E-state index contributed by atoms with van der Waals surface area (Å²) >= 11 is 0. The van der Waals surface area contributed by atoms with Crippen molar-refractivity contribution in [1.29, 1.82) is 0 Å². The lowest BCUT2D eigenvalue weighted by Crippen LogP contribution is -2.06. The second-order valence-corrected chi connectivity index (χ2v) is 2.75. The Morgan fingerprint density at radius 3 is 2.33 bits per heavy atom. The Hall–Kier alpha value is -2.05. The number of hydrogen-bond acceptors (Lipinski definition) is 6. The molecule has 1 aromatic heterocycles. The van der Waals surface area contributed by atoms with Crippen LogP contribution < -0.4 is 16.0 Å². The summed E-state index contributed by atoms with van der Waals surface area (Å²) < 4.78 is 0. The Morgan fingerprint density at radius 1 is 1.27 bits per heavy atom. The van der Waals surface area contributed by atoms with Gasteiger partial charge in [0.2, 0.25) is 0 Å². The van der Waals surface area contributed by atoms with Gasteiger partial charge in [0.15, 0.2) is 11.5 Å². The molecule has 0 atom stereocenters. The van der Waals surface area contributed by atoms with Crippen molar-refractivity contribution in [2.24, 2.45) is 0 Å². The van der Waals surface area contributed by atoms with Gasteiger partial charge in [-0.3, -0.25) is 10.1 Å². The van der Waals surface area contributed by atoms with Crippen LogP contribution >= 0.6 is 0 Å². The van der Waals surface area contributed by atoms with E-state index in [4.69, 9.17) is 0 Å². The van der Waals surface area contributed by atoms with Crippen LogP contribution in [0.4, 0.5) is 22.9 Å². The van der Waals surface area contributed by atoms with E-state index in [0.29, 0.717) is 17.2 Å². The summed E-state index contributed by atoms with van der Waals surface area (Å²) in [7, 11) is 4.89. The van der Waals surface area contributed by atoms with Crippen LogP contribution in [0.2, 0.25) is 0 Å². The van der Waals surface area contributed by atoms with Crippen molar-refractivity contribution in [3.63, 3.8) is 0 Å². The molecule has 0 amide bonds. The number of hydrogen-bond donors (Lipinski definition) is 3. The lowest BCUT2D eigenvalue weighted by Gasteiger charge is -2.10. The predicted molar refractivity (Wildman–Crippen MR) is 59.5 cm³/mol. The van der Waals surface area contributed by atoms with Gasteiger partial charge < -0.3 is 16.0 Å². The van der Waals surface area contributed by atoms with Gasteiger partial charge in [0.05, 0.1) is 11.1 Å². The third-order valence-electron chi connectivity index (χ3n) is 1.99. The summed E-state index contributed by atoms with van der Waals surface area (Å²) in [5.41, 5.74) is 0.733. The molecule has 0 spiro atoms. The first kappa shape index (κ1) is 11.0. The first-order chi connectivity index (χ1) is 7.15. The quantitative estimate of drug-likeness (QED) is 0.510. The molecule has 0 bridgehead atoms. The third-order valence-corrected chi connectivity index (χ3v) is 1.99. The van der Waals surface area contributed by atoms with Crippen LogP contribution in [0.15, 0.2) is 6.20 Å². The van der Waals surface area contributed by atoms with Crippen LogP contribution in [0.5, 0.6) is 0 Å². The number of rotatable bonds is 4. The molecule has 82 valence electrons. The molecule has 0 aliphatic rings. The molecule has 0 saturated carbocycles. The van der Waals surface area contributed by atoms with E-state index < -0.39 is 4.92 Å². The molecule has 3 N–H and O–H groups in total. The SMILES string of the molecule is CNc1cnc(NC)c(NC)c1[N+](=O)[O-]. The number of nitro groups is 1. The fraction of sp³-hybridized carbons (Fsp3) is 0.375. The highest BCUT2D eigenvalue weighted by molar-refractivity contribution is 5.83. The summed E-state index contributed by atoms with van der Waals surface area (Å²) in [4.78, 5) is 14.5. The second kappa shape index (κ2) is 4.45. The van der Waals surface area contributed by atoms with Gasteiger partial charge in [0.25, 0.3) is 0 Å². The molecule has 1 heterocycles. The van der Waals surface area contributed by atoms with Gasteiger partial charge >= 0.3 is 5.69 Å². The Bertz CT molecular complexity index is 380. The highest BCUT2D eigenvalue weighted by Gasteiger charge is 2.22. The van der Waals surface area contributed by atoms with Crippen molar-refractivity contribution in [2.75, 3.05) is 37.1 Å². The number of pyridine rings is 1. The van der Waals surface area contributed by atoms with E-state index in [1.807, 2.05) is 0 Å². The first-order valence-corrected chi connectivity index (χ1v) is 4.36. The lowest BCUT2D eigenvalue weighted by atomic mass is 10.3. The van der Waals surface area contributed by atoms with Crippen molar-refractivity contribution >= 4 is 22.9 Å². The molecule has 0 aliphatic carbocycles.